The molecule has 0 aromatic heterocycles. The Balaban J connectivity index is 1.80. The number of hydrogen-bond acceptors (Lipinski definition) is 3. The number of sulfonamides is 1. The molecule has 1 amide bonds. The molecular formula is C21H18ClFN2O3S. The first kappa shape index (κ1) is 20.8. The highest BCUT2D eigenvalue weighted by Crippen LogP contribution is 2.23. The van der Waals surface area contributed by atoms with Crippen LogP contribution in [-0.4, -0.2) is 14.3 Å². The van der Waals surface area contributed by atoms with Gasteiger partial charge in [0.2, 0.25) is 0 Å². The molecule has 0 fully saturated rings. The van der Waals surface area contributed by atoms with E-state index in [1.54, 1.807) is 24.3 Å². The van der Waals surface area contributed by atoms with E-state index in [9.17, 15) is 17.6 Å². The molecule has 3 rings (SSSR count). The van der Waals surface area contributed by atoms with Crippen LogP contribution < -0.4 is 10.0 Å². The molecular weight excluding hydrogens is 415 g/mol. The number of anilines is 1. The lowest BCUT2D eigenvalue weighted by Crippen LogP contribution is -2.24. The Morgan fingerprint density at radius 2 is 1.79 bits per heavy atom. The van der Waals surface area contributed by atoms with Gasteiger partial charge in [-0.15, -0.1) is 0 Å². The quantitative estimate of drug-likeness (QED) is 0.601. The van der Waals surface area contributed by atoms with Crippen molar-refractivity contribution in [2.24, 2.45) is 0 Å². The summed E-state index contributed by atoms with van der Waals surface area (Å²) in [5.74, 6) is -0.975. The molecule has 29 heavy (non-hydrogen) atoms. The molecule has 0 atom stereocenters. The Hall–Kier alpha value is -2.90. The highest BCUT2D eigenvalue weighted by Gasteiger charge is 2.19. The average molecular weight is 433 g/mol. The first-order valence-corrected chi connectivity index (χ1v) is 10.5. The number of carbonyl (C=O) groups excluding carboxylic acids is 1. The number of rotatable bonds is 6. The zero-order chi connectivity index (χ0) is 21.0. The predicted octanol–water partition coefficient (Wildman–Crippen LogP) is 4.52. The van der Waals surface area contributed by atoms with Crippen molar-refractivity contribution in [3.05, 3.63) is 94.3 Å². The van der Waals surface area contributed by atoms with Gasteiger partial charge >= 0.3 is 0 Å². The fourth-order valence-corrected chi connectivity index (χ4v) is 3.97. The monoisotopic (exact) mass is 432 g/mol. The Labute approximate surface area is 173 Å². The van der Waals surface area contributed by atoms with E-state index in [2.05, 4.69) is 10.0 Å². The topological polar surface area (TPSA) is 75.3 Å². The first-order valence-electron chi connectivity index (χ1n) is 8.66. The van der Waals surface area contributed by atoms with Gasteiger partial charge in [0.15, 0.2) is 0 Å². The number of halogens is 2. The van der Waals surface area contributed by atoms with E-state index in [1.165, 1.54) is 36.4 Å². The molecule has 0 spiro atoms. The van der Waals surface area contributed by atoms with E-state index in [0.717, 1.165) is 5.56 Å². The van der Waals surface area contributed by atoms with Gasteiger partial charge in [0.05, 0.1) is 15.5 Å². The van der Waals surface area contributed by atoms with Crippen molar-refractivity contribution in [1.29, 1.82) is 0 Å². The molecule has 0 bridgehead atoms. The zero-order valence-electron chi connectivity index (χ0n) is 15.4. The third-order valence-corrected chi connectivity index (χ3v) is 5.81. The molecule has 3 aromatic carbocycles. The molecule has 2 N–H and O–H groups in total. The number of carbonyl (C=O) groups is 1. The van der Waals surface area contributed by atoms with Gasteiger partial charge < -0.3 is 5.32 Å². The molecule has 5 nitrogen and oxygen atoms in total. The zero-order valence-corrected chi connectivity index (χ0v) is 17.0. The van der Waals surface area contributed by atoms with Crippen LogP contribution in [0, 0.1) is 12.7 Å². The highest BCUT2D eigenvalue weighted by molar-refractivity contribution is 7.92. The minimum absolute atomic E-state index is 0.00943. The number of benzene rings is 3. The summed E-state index contributed by atoms with van der Waals surface area (Å²) in [6.45, 7) is 1.92. The third kappa shape index (κ3) is 5.34. The van der Waals surface area contributed by atoms with Crippen LogP contribution >= 0.6 is 11.6 Å². The van der Waals surface area contributed by atoms with Crippen LogP contribution in [0.4, 0.5) is 10.1 Å². The van der Waals surface area contributed by atoms with Crippen LogP contribution in [0.2, 0.25) is 5.02 Å². The second-order valence-corrected chi connectivity index (χ2v) is 8.52. The van der Waals surface area contributed by atoms with Crippen molar-refractivity contribution in [2.45, 2.75) is 18.4 Å². The van der Waals surface area contributed by atoms with Gasteiger partial charge in [-0.1, -0.05) is 35.9 Å². The number of nitrogens with one attached hydrogen (secondary N) is 2. The van der Waals surface area contributed by atoms with E-state index in [-0.39, 0.29) is 22.0 Å². The largest absolute Gasteiger partial charge is 0.348 e. The summed E-state index contributed by atoms with van der Waals surface area (Å²) in [6.07, 6.45) is 0. The lowest BCUT2D eigenvalue weighted by Gasteiger charge is -2.11. The molecule has 0 saturated carbocycles. The molecule has 0 saturated heterocycles. The van der Waals surface area contributed by atoms with Crippen LogP contribution in [0.1, 0.15) is 21.5 Å². The van der Waals surface area contributed by atoms with Crippen molar-refractivity contribution in [3.63, 3.8) is 0 Å². The normalized spacial score (nSPS) is 11.1. The SMILES string of the molecule is Cc1cccc(NS(=O)(=O)c2ccc(Cl)c(C(=O)NCc3cccc(F)c3)c2)c1. The molecule has 0 aliphatic rings. The second-order valence-electron chi connectivity index (χ2n) is 6.43. The summed E-state index contributed by atoms with van der Waals surface area (Å²) in [4.78, 5) is 12.4. The van der Waals surface area contributed by atoms with Crippen molar-refractivity contribution in [1.82, 2.24) is 5.32 Å². The van der Waals surface area contributed by atoms with Gasteiger partial charge in [0.1, 0.15) is 5.82 Å². The van der Waals surface area contributed by atoms with E-state index in [4.69, 9.17) is 11.6 Å². The van der Waals surface area contributed by atoms with Gasteiger partial charge in [-0.25, -0.2) is 12.8 Å². The van der Waals surface area contributed by atoms with Crippen LogP contribution in [0.3, 0.4) is 0 Å². The molecule has 0 unspecified atom stereocenters. The van der Waals surface area contributed by atoms with Gasteiger partial charge in [0, 0.05) is 12.2 Å². The van der Waals surface area contributed by atoms with E-state index in [0.29, 0.717) is 11.3 Å². The fraction of sp³-hybridized carbons (Fsp3) is 0.0952. The number of amides is 1. The Kier molecular flexibility index (Phi) is 6.20. The molecule has 0 aliphatic heterocycles. The summed E-state index contributed by atoms with van der Waals surface area (Å²) in [6, 6.07) is 16.6. The number of aryl methyl sites for hydroxylation is 1. The van der Waals surface area contributed by atoms with E-state index in [1.807, 2.05) is 13.0 Å². The van der Waals surface area contributed by atoms with Gasteiger partial charge in [-0.3, -0.25) is 9.52 Å². The van der Waals surface area contributed by atoms with Crippen molar-refractivity contribution < 1.29 is 17.6 Å². The van der Waals surface area contributed by atoms with Crippen LogP contribution in [0.5, 0.6) is 0 Å². The van der Waals surface area contributed by atoms with E-state index < -0.39 is 21.7 Å². The van der Waals surface area contributed by atoms with Gasteiger partial charge in [-0.05, 0) is 60.5 Å². The molecule has 3 aromatic rings. The smallest absolute Gasteiger partial charge is 0.261 e. The molecule has 0 radical (unpaired) electrons. The minimum Gasteiger partial charge on any atom is -0.348 e. The third-order valence-electron chi connectivity index (χ3n) is 4.11. The number of hydrogen-bond donors (Lipinski definition) is 2. The van der Waals surface area contributed by atoms with Crippen molar-refractivity contribution >= 4 is 33.2 Å². The lowest BCUT2D eigenvalue weighted by molar-refractivity contribution is 0.0951. The van der Waals surface area contributed by atoms with Gasteiger partial charge in [-0.2, -0.15) is 0 Å². The standard InChI is InChI=1S/C21H18ClFN2O3S/c1-14-4-2-7-17(10-14)25-29(27,28)18-8-9-20(22)19(12-18)21(26)24-13-15-5-3-6-16(23)11-15/h2-12,25H,13H2,1H3,(H,24,26). The van der Waals surface area contributed by atoms with Gasteiger partial charge in [0.25, 0.3) is 15.9 Å². The molecule has 0 aliphatic carbocycles. The summed E-state index contributed by atoms with van der Waals surface area (Å²) >= 11 is 6.09. The fourth-order valence-electron chi connectivity index (χ4n) is 2.69. The summed E-state index contributed by atoms with van der Waals surface area (Å²) in [5.41, 5.74) is 1.89. The first-order chi connectivity index (χ1) is 13.7. The average Bonchev–Trinajstić information content (AvgIpc) is 2.66. The molecule has 150 valence electrons. The summed E-state index contributed by atoms with van der Waals surface area (Å²) in [7, 11) is -3.91. The maximum absolute atomic E-state index is 13.3. The minimum atomic E-state index is -3.91. The van der Waals surface area contributed by atoms with Crippen LogP contribution in [0.15, 0.2) is 71.6 Å². The van der Waals surface area contributed by atoms with Crippen molar-refractivity contribution in [3.8, 4) is 0 Å². The second kappa shape index (κ2) is 8.63. The van der Waals surface area contributed by atoms with E-state index >= 15 is 0 Å². The molecule has 0 heterocycles. The Morgan fingerprint density at radius 1 is 1.03 bits per heavy atom. The van der Waals surface area contributed by atoms with Crippen LogP contribution in [-0.2, 0) is 16.6 Å². The van der Waals surface area contributed by atoms with Crippen LogP contribution in [0.25, 0.3) is 0 Å². The predicted molar refractivity (Wildman–Crippen MR) is 111 cm³/mol. The Morgan fingerprint density at radius 3 is 2.52 bits per heavy atom. The van der Waals surface area contributed by atoms with Crippen molar-refractivity contribution in [2.75, 3.05) is 4.72 Å². The maximum atomic E-state index is 13.3. The highest BCUT2D eigenvalue weighted by atomic mass is 35.5. The lowest BCUT2D eigenvalue weighted by atomic mass is 10.2. The summed E-state index contributed by atoms with van der Waals surface area (Å²) < 4.78 is 41.1. The Bertz CT molecular complexity index is 1170. The molecule has 8 heteroatoms. The maximum Gasteiger partial charge on any atom is 0.261 e. The summed E-state index contributed by atoms with van der Waals surface area (Å²) in [5, 5.41) is 2.72.